The van der Waals surface area contributed by atoms with Gasteiger partial charge in [0.05, 0.1) is 21.4 Å². The maximum atomic E-state index is 13.1. The molecule has 0 saturated heterocycles. The van der Waals surface area contributed by atoms with Gasteiger partial charge in [-0.15, -0.1) is 0 Å². The Kier molecular flexibility index (Phi) is 9.26. The summed E-state index contributed by atoms with van der Waals surface area (Å²) in [7, 11) is 0. The maximum Gasteiger partial charge on any atom is 0.322 e. The van der Waals surface area contributed by atoms with E-state index in [1.807, 2.05) is 58.0 Å². The lowest BCUT2D eigenvalue weighted by atomic mass is 9.92. The lowest BCUT2D eigenvalue weighted by molar-refractivity contribution is -0.116. The monoisotopic (exact) mass is 543 g/mol. The fraction of sp³-hybridized carbons (Fsp3) is 0.393. The Morgan fingerprint density at radius 2 is 1.68 bits per heavy atom. The van der Waals surface area contributed by atoms with E-state index in [2.05, 4.69) is 24.5 Å². The largest absolute Gasteiger partial charge is 0.322 e. The molecule has 0 spiro atoms. The van der Waals surface area contributed by atoms with Crippen molar-refractivity contribution in [1.82, 2.24) is 14.7 Å². The summed E-state index contributed by atoms with van der Waals surface area (Å²) in [6, 6.07) is 14.4. The van der Waals surface area contributed by atoms with Gasteiger partial charge in [-0.1, -0.05) is 76.9 Å². The lowest BCUT2D eigenvalue weighted by Crippen LogP contribution is -2.41. The second-order valence-corrected chi connectivity index (χ2v) is 11.2. The lowest BCUT2D eigenvalue weighted by Gasteiger charge is -2.22. The van der Waals surface area contributed by atoms with Crippen LogP contribution >= 0.6 is 23.2 Å². The van der Waals surface area contributed by atoms with Crippen LogP contribution in [0.5, 0.6) is 0 Å². The Morgan fingerprint density at radius 3 is 2.24 bits per heavy atom. The van der Waals surface area contributed by atoms with Crippen LogP contribution in [0.2, 0.25) is 10.0 Å². The van der Waals surface area contributed by atoms with Gasteiger partial charge in [-0.05, 0) is 48.2 Å². The second-order valence-electron chi connectivity index (χ2n) is 10.4. The number of carbonyl (C=O) groups excluding carboxylic acids is 2. The minimum absolute atomic E-state index is 0.110. The van der Waals surface area contributed by atoms with Crippen LogP contribution in [0.25, 0.3) is 5.69 Å². The van der Waals surface area contributed by atoms with Gasteiger partial charge in [0.1, 0.15) is 12.4 Å². The van der Waals surface area contributed by atoms with Crippen molar-refractivity contribution >= 4 is 46.6 Å². The third-order valence-electron chi connectivity index (χ3n) is 5.84. The first-order chi connectivity index (χ1) is 17.4. The molecule has 198 valence electrons. The highest BCUT2D eigenvalue weighted by Crippen LogP contribution is 2.29. The average Bonchev–Trinajstić information content (AvgIpc) is 3.25. The van der Waals surface area contributed by atoms with Gasteiger partial charge >= 0.3 is 6.03 Å². The molecule has 0 aliphatic heterocycles. The molecule has 0 aliphatic rings. The SMILES string of the molecule is CCCN(CC(=O)Nc1cc(C(C)(C)C)nn1-c1ccc(Cl)c(Cl)c1)C(=O)Nc1ccc(C(C)C)cc1. The first kappa shape index (κ1) is 28.5. The quantitative estimate of drug-likeness (QED) is 0.309. The third kappa shape index (κ3) is 7.49. The molecule has 3 amide bonds. The van der Waals surface area contributed by atoms with Gasteiger partial charge in [-0.3, -0.25) is 4.79 Å². The minimum Gasteiger partial charge on any atom is -0.315 e. The number of rotatable bonds is 8. The van der Waals surface area contributed by atoms with Crippen LogP contribution in [-0.4, -0.2) is 39.7 Å². The molecule has 0 bridgehead atoms. The number of nitrogens with one attached hydrogen (secondary N) is 2. The Hall–Kier alpha value is -3.03. The zero-order valence-corrected chi connectivity index (χ0v) is 23.7. The molecule has 2 N–H and O–H groups in total. The molecule has 9 heteroatoms. The Balaban J connectivity index is 1.79. The van der Waals surface area contributed by atoms with Gasteiger partial charge < -0.3 is 15.5 Å². The molecule has 2 aromatic carbocycles. The van der Waals surface area contributed by atoms with E-state index in [1.54, 1.807) is 22.9 Å². The van der Waals surface area contributed by atoms with Crippen molar-refractivity contribution in [2.75, 3.05) is 23.7 Å². The first-order valence-corrected chi connectivity index (χ1v) is 13.2. The summed E-state index contributed by atoms with van der Waals surface area (Å²) in [5.41, 5.74) is 3.08. The highest BCUT2D eigenvalue weighted by molar-refractivity contribution is 6.42. The molecule has 1 aromatic heterocycles. The zero-order chi connectivity index (χ0) is 27.3. The van der Waals surface area contributed by atoms with Gasteiger partial charge in [0.2, 0.25) is 5.91 Å². The number of benzene rings is 2. The molecule has 0 fully saturated rings. The summed E-state index contributed by atoms with van der Waals surface area (Å²) >= 11 is 12.3. The van der Waals surface area contributed by atoms with E-state index in [0.717, 1.165) is 5.69 Å². The van der Waals surface area contributed by atoms with Crippen LogP contribution in [0.4, 0.5) is 16.3 Å². The first-order valence-electron chi connectivity index (χ1n) is 12.4. The third-order valence-corrected chi connectivity index (χ3v) is 6.58. The molecule has 0 aliphatic carbocycles. The smallest absolute Gasteiger partial charge is 0.315 e. The summed E-state index contributed by atoms with van der Waals surface area (Å²) in [5.74, 6) is 0.552. The van der Waals surface area contributed by atoms with Crippen LogP contribution in [0.1, 0.15) is 65.1 Å². The summed E-state index contributed by atoms with van der Waals surface area (Å²) < 4.78 is 1.63. The van der Waals surface area contributed by atoms with Crippen molar-refractivity contribution < 1.29 is 9.59 Å². The maximum absolute atomic E-state index is 13.1. The number of anilines is 2. The van der Waals surface area contributed by atoms with Crippen LogP contribution in [0.3, 0.4) is 0 Å². The number of hydrogen-bond donors (Lipinski definition) is 2. The van der Waals surface area contributed by atoms with E-state index in [0.29, 0.717) is 46.1 Å². The normalized spacial score (nSPS) is 11.5. The van der Waals surface area contributed by atoms with E-state index >= 15 is 0 Å². The molecule has 1 heterocycles. The van der Waals surface area contributed by atoms with E-state index in [4.69, 9.17) is 28.3 Å². The van der Waals surface area contributed by atoms with Gasteiger partial charge in [0.15, 0.2) is 0 Å². The zero-order valence-electron chi connectivity index (χ0n) is 22.2. The van der Waals surface area contributed by atoms with Gasteiger partial charge in [0.25, 0.3) is 0 Å². The molecule has 0 atom stereocenters. The van der Waals surface area contributed by atoms with E-state index < -0.39 is 0 Å². The summed E-state index contributed by atoms with van der Waals surface area (Å²) in [5, 5.41) is 11.3. The summed E-state index contributed by atoms with van der Waals surface area (Å²) in [6.07, 6.45) is 0.711. The standard InChI is InChI=1S/C28H35Cl2N5O2/c1-7-14-34(27(37)31-20-10-8-19(9-11-20)18(2)3)17-26(36)32-25-16-24(28(4,5)6)33-35(25)21-12-13-22(29)23(30)15-21/h8-13,15-16,18H,7,14,17H2,1-6H3,(H,31,37)(H,32,36). The van der Waals surface area contributed by atoms with Crippen LogP contribution in [-0.2, 0) is 10.2 Å². The molecule has 37 heavy (non-hydrogen) atoms. The van der Waals surface area contributed by atoms with Gasteiger partial charge in [-0.2, -0.15) is 5.10 Å². The number of hydrogen-bond acceptors (Lipinski definition) is 3. The molecule has 3 aromatic rings. The van der Waals surface area contributed by atoms with Crippen molar-refractivity contribution in [3.8, 4) is 5.69 Å². The van der Waals surface area contributed by atoms with Crippen LogP contribution < -0.4 is 10.6 Å². The molecular formula is C28H35Cl2N5O2. The Bertz CT molecular complexity index is 1250. The molecule has 0 saturated carbocycles. The van der Waals surface area contributed by atoms with Crippen molar-refractivity contribution in [3.05, 3.63) is 69.8 Å². The molecular weight excluding hydrogens is 509 g/mol. The molecule has 7 nitrogen and oxygen atoms in total. The van der Waals surface area contributed by atoms with E-state index in [1.165, 1.54) is 10.5 Å². The van der Waals surface area contributed by atoms with Crippen molar-refractivity contribution in [3.63, 3.8) is 0 Å². The average molecular weight is 545 g/mol. The number of aromatic nitrogens is 2. The number of carbonyl (C=O) groups is 2. The number of urea groups is 1. The summed E-state index contributed by atoms with van der Waals surface area (Å²) in [4.78, 5) is 27.6. The van der Waals surface area contributed by atoms with E-state index in [9.17, 15) is 9.59 Å². The topological polar surface area (TPSA) is 79.3 Å². The van der Waals surface area contributed by atoms with Gasteiger partial charge in [-0.25, -0.2) is 9.48 Å². The Morgan fingerprint density at radius 1 is 1.00 bits per heavy atom. The van der Waals surface area contributed by atoms with Crippen LogP contribution in [0, 0.1) is 0 Å². The molecule has 3 rings (SSSR count). The molecule has 0 unspecified atom stereocenters. The number of amides is 3. The van der Waals surface area contributed by atoms with Gasteiger partial charge in [0, 0.05) is 23.7 Å². The predicted octanol–water partition coefficient (Wildman–Crippen LogP) is 7.48. The highest BCUT2D eigenvalue weighted by Gasteiger charge is 2.23. The molecule has 0 radical (unpaired) electrons. The number of nitrogens with zero attached hydrogens (tertiary/aromatic N) is 3. The number of halogens is 2. The second kappa shape index (κ2) is 12.0. The van der Waals surface area contributed by atoms with Crippen LogP contribution in [0.15, 0.2) is 48.5 Å². The fourth-order valence-electron chi connectivity index (χ4n) is 3.68. The van der Waals surface area contributed by atoms with Crippen molar-refractivity contribution in [1.29, 1.82) is 0 Å². The van der Waals surface area contributed by atoms with E-state index in [-0.39, 0.29) is 23.9 Å². The van der Waals surface area contributed by atoms with Crippen molar-refractivity contribution in [2.24, 2.45) is 0 Å². The van der Waals surface area contributed by atoms with Crippen molar-refractivity contribution in [2.45, 2.75) is 59.3 Å². The highest BCUT2D eigenvalue weighted by atomic mass is 35.5. The summed E-state index contributed by atoms with van der Waals surface area (Å²) in [6.45, 7) is 12.7. The predicted molar refractivity (Wildman–Crippen MR) is 152 cm³/mol. The minimum atomic E-state index is -0.333. The fourth-order valence-corrected chi connectivity index (χ4v) is 3.97. The Labute approximate surface area is 229 Å².